The van der Waals surface area contributed by atoms with Crippen LogP contribution in [-0.4, -0.2) is 47.1 Å². The molecule has 1 fully saturated rings. The Morgan fingerprint density at radius 2 is 1.83 bits per heavy atom. The third kappa shape index (κ3) is 4.29. The molecule has 0 aliphatic heterocycles. The topological polar surface area (TPSA) is 69.6 Å². The van der Waals surface area contributed by atoms with Crippen LogP contribution in [0.3, 0.4) is 0 Å². The van der Waals surface area contributed by atoms with E-state index in [9.17, 15) is 14.7 Å². The number of hydrogen-bond donors (Lipinski definition) is 2. The summed E-state index contributed by atoms with van der Waals surface area (Å²) in [6.07, 6.45) is 2.97. The fourth-order valence-electron chi connectivity index (χ4n) is 2.07. The van der Waals surface area contributed by atoms with Crippen molar-refractivity contribution in [2.24, 2.45) is 0 Å². The fraction of sp³-hybridized carbons (Fsp3) is 0.846. The molecule has 0 atom stereocenters. The smallest absolute Gasteiger partial charge is 0.223 e. The van der Waals surface area contributed by atoms with Crippen molar-refractivity contribution in [3.63, 3.8) is 0 Å². The molecule has 1 aliphatic rings. The van der Waals surface area contributed by atoms with E-state index >= 15 is 0 Å². The largest absolute Gasteiger partial charge is 0.388 e. The van der Waals surface area contributed by atoms with Crippen molar-refractivity contribution >= 4 is 11.8 Å². The summed E-state index contributed by atoms with van der Waals surface area (Å²) in [5, 5.41) is 12.5. The standard InChI is InChI=1S/C13H24N2O3/c1-3-15(4-2)12(17)7-6-11(16)14-10-13(18)8-5-9-13/h18H,3-10H2,1-2H3,(H,14,16). The van der Waals surface area contributed by atoms with Crippen LogP contribution in [0, 0.1) is 0 Å². The molecule has 0 aromatic rings. The predicted molar refractivity (Wildman–Crippen MR) is 69.0 cm³/mol. The Bertz CT molecular complexity index is 297. The minimum Gasteiger partial charge on any atom is -0.388 e. The SMILES string of the molecule is CCN(CC)C(=O)CCC(=O)NCC1(O)CCC1. The maximum Gasteiger partial charge on any atom is 0.223 e. The zero-order valence-electron chi connectivity index (χ0n) is 11.4. The lowest BCUT2D eigenvalue weighted by atomic mass is 9.80. The van der Waals surface area contributed by atoms with Crippen LogP contribution >= 0.6 is 0 Å². The first-order chi connectivity index (χ1) is 8.50. The zero-order valence-corrected chi connectivity index (χ0v) is 11.4. The normalized spacial score (nSPS) is 16.8. The van der Waals surface area contributed by atoms with Gasteiger partial charge in [-0.05, 0) is 33.1 Å². The number of nitrogens with one attached hydrogen (secondary N) is 1. The second-order valence-electron chi connectivity index (χ2n) is 4.92. The first-order valence-electron chi connectivity index (χ1n) is 6.77. The van der Waals surface area contributed by atoms with Gasteiger partial charge in [-0.2, -0.15) is 0 Å². The van der Waals surface area contributed by atoms with Crippen molar-refractivity contribution in [3.8, 4) is 0 Å². The van der Waals surface area contributed by atoms with Crippen molar-refractivity contribution in [2.45, 2.75) is 51.6 Å². The number of aliphatic hydroxyl groups is 1. The Balaban J connectivity index is 2.18. The third-order valence-electron chi connectivity index (χ3n) is 3.58. The number of amides is 2. The first kappa shape index (κ1) is 15.0. The maximum absolute atomic E-state index is 11.7. The molecule has 18 heavy (non-hydrogen) atoms. The molecule has 1 aliphatic carbocycles. The lowest BCUT2D eigenvalue weighted by Crippen LogP contribution is -2.47. The van der Waals surface area contributed by atoms with E-state index in [2.05, 4.69) is 5.32 Å². The zero-order chi connectivity index (χ0) is 13.6. The summed E-state index contributed by atoms with van der Waals surface area (Å²) >= 11 is 0. The van der Waals surface area contributed by atoms with Gasteiger partial charge < -0.3 is 15.3 Å². The number of rotatable bonds is 7. The number of nitrogens with zero attached hydrogens (tertiary/aromatic N) is 1. The average Bonchev–Trinajstić information content (AvgIpc) is 2.33. The highest BCUT2D eigenvalue weighted by atomic mass is 16.3. The van der Waals surface area contributed by atoms with Gasteiger partial charge in [0.2, 0.25) is 11.8 Å². The van der Waals surface area contributed by atoms with Gasteiger partial charge in [0.1, 0.15) is 0 Å². The quantitative estimate of drug-likeness (QED) is 0.703. The fourth-order valence-corrected chi connectivity index (χ4v) is 2.07. The van der Waals surface area contributed by atoms with Crippen LogP contribution in [0.15, 0.2) is 0 Å². The minimum absolute atomic E-state index is 0.0116. The Morgan fingerprint density at radius 3 is 2.28 bits per heavy atom. The second-order valence-corrected chi connectivity index (χ2v) is 4.92. The van der Waals surface area contributed by atoms with Crippen LogP contribution < -0.4 is 5.32 Å². The van der Waals surface area contributed by atoms with Crippen LogP contribution in [-0.2, 0) is 9.59 Å². The van der Waals surface area contributed by atoms with Gasteiger partial charge in [-0.1, -0.05) is 0 Å². The summed E-state index contributed by atoms with van der Waals surface area (Å²) in [5.41, 5.74) is -0.696. The molecule has 2 amide bonds. The number of carbonyl (C=O) groups excluding carboxylic acids is 2. The molecule has 0 unspecified atom stereocenters. The summed E-state index contributed by atoms with van der Waals surface area (Å²) in [6.45, 7) is 5.51. The highest BCUT2D eigenvalue weighted by Gasteiger charge is 2.34. The summed E-state index contributed by atoms with van der Waals surface area (Å²) in [5.74, 6) is -0.145. The molecular weight excluding hydrogens is 232 g/mol. The molecule has 0 bridgehead atoms. The minimum atomic E-state index is -0.696. The molecule has 0 aromatic carbocycles. The van der Waals surface area contributed by atoms with Gasteiger partial charge in [0, 0.05) is 32.5 Å². The van der Waals surface area contributed by atoms with Crippen LogP contribution in [0.4, 0.5) is 0 Å². The van der Waals surface area contributed by atoms with Gasteiger partial charge in [0.05, 0.1) is 5.60 Å². The lowest BCUT2D eigenvalue weighted by Gasteiger charge is -2.36. The van der Waals surface area contributed by atoms with Gasteiger partial charge >= 0.3 is 0 Å². The monoisotopic (exact) mass is 256 g/mol. The summed E-state index contributed by atoms with van der Waals surface area (Å²) in [7, 11) is 0. The Hall–Kier alpha value is -1.10. The Kier molecular flexibility index (Phi) is 5.59. The van der Waals surface area contributed by atoms with Crippen LogP contribution in [0.5, 0.6) is 0 Å². The van der Waals surface area contributed by atoms with Crippen molar-refractivity contribution in [2.75, 3.05) is 19.6 Å². The van der Waals surface area contributed by atoms with Crippen molar-refractivity contribution in [1.29, 1.82) is 0 Å². The molecule has 0 radical (unpaired) electrons. The highest BCUT2D eigenvalue weighted by molar-refractivity contribution is 5.83. The van der Waals surface area contributed by atoms with Gasteiger partial charge in [-0.3, -0.25) is 9.59 Å². The van der Waals surface area contributed by atoms with E-state index in [1.807, 2.05) is 13.8 Å². The van der Waals surface area contributed by atoms with E-state index in [-0.39, 0.29) is 24.7 Å². The molecule has 5 heteroatoms. The molecule has 1 saturated carbocycles. The van der Waals surface area contributed by atoms with E-state index in [0.717, 1.165) is 19.3 Å². The summed E-state index contributed by atoms with van der Waals surface area (Å²) in [6, 6.07) is 0. The maximum atomic E-state index is 11.7. The molecule has 2 N–H and O–H groups in total. The molecule has 0 spiro atoms. The van der Waals surface area contributed by atoms with E-state index in [0.29, 0.717) is 19.6 Å². The second kappa shape index (κ2) is 6.73. The highest BCUT2D eigenvalue weighted by Crippen LogP contribution is 2.30. The third-order valence-corrected chi connectivity index (χ3v) is 3.58. The predicted octanol–water partition coefficient (Wildman–Crippen LogP) is 0.666. The molecule has 1 rings (SSSR count). The summed E-state index contributed by atoms with van der Waals surface area (Å²) in [4.78, 5) is 24.9. The van der Waals surface area contributed by atoms with Crippen molar-refractivity contribution in [3.05, 3.63) is 0 Å². The van der Waals surface area contributed by atoms with Crippen LogP contribution in [0.2, 0.25) is 0 Å². The summed E-state index contributed by atoms with van der Waals surface area (Å²) < 4.78 is 0. The Morgan fingerprint density at radius 1 is 1.22 bits per heavy atom. The van der Waals surface area contributed by atoms with E-state index in [1.165, 1.54) is 0 Å². The molecule has 0 aromatic heterocycles. The van der Waals surface area contributed by atoms with Crippen molar-refractivity contribution in [1.82, 2.24) is 10.2 Å². The van der Waals surface area contributed by atoms with Crippen LogP contribution in [0.25, 0.3) is 0 Å². The number of hydrogen-bond acceptors (Lipinski definition) is 3. The average molecular weight is 256 g/mol. The van der Waals surface area contributed by atoms with E-state index in [1.54, 1.807) is 4.90 Å². The van der Waals surface area contributed by atoms with Crippen molar-refractivity contribution < 1.29 is 14.7 Å². The molecule has 104 valence electrons. The number of carbonyl (C=O) groups is 2. The molecule has 0 saturated heterocycles. The Labute approximate surface area is 109 Å². The van der Waals surface area contributed by atoms with E-state index in [4.69, 9.17) is 0 Å². The lowest BCUT2D eigenvalue weighted by molar-refractivity contribution is -0.133. The molecule has 0 heterocycles. The van der Waals surface area contributed by atoms with Gasteiger partial charge in [-0.25, -0.2) is 0 Å². The molecular formula is C13H24N2O3. The molecule has 5 nitrogen and oxygen atoms in total. The van der Waals surface area contributed by atoms with Gasteiger partial charge in [0.25, 0.3) is 0 Å². The van der Waals surface area contributed by atoms with Gasteiger partial charge in [-0.15, -0.1) is 0 Å². The first-order valence-corrected chi connectivity index (χ1v) is 6.77. The van der Waals surface area contributed by atoms with Crippen LogP contribution in [0.1, 0.15) is 46.0 Å². The van der Waals surface area contributed by atoms with Gasteiger partial charge in [0.15, 0.2) is 0 Å². The van der Waals surface area contributed by atoms with E-state index < -0.39 is 5.60 Å².